The maximum atomic E-state index is 3.54. The Labute approximate surface area is 187 Å². The highest BCUT2D eigenvalue weighted by Crippen LogP contribution is 2.44. The van der Waals surface area contributed by atoms with Crippen LogP contribution in [0.2, 0.25) is 0 Å². The third-order valence-electron chi connectivity index (χ3n) is 5.72. The first-order chi connectivity index (χ1) is 14.8. The lowest BCUT2D eigenvalue weighted by Crippen LogP contribution is -1.84. The Bertz CT molecular complexity index is 1540. The summed E-state index contributed by atoms with van der Waals surface area (Å²) in [5.74, 6) is 0. The van der Waals surface area contributed by atoms with Gasteiger partial charge in [0, 0.05) is 30.2 Å². The van der Waals surface area contributed by atoms with Crippen LogP contribution >= 0.6 is 27.3 Å². The number of hydrogen-bond donors (Lipinski definition) is 0. The summed E-state index contributed by atoms with van der Waals surface area (Å²) < 4.78 is 3.81. The molecule has 0 aliphatic carbocycles. The van der Waals surface area contributed by atoms with Gasteiger partial charge in [-0.1, -0.05) is 88.7 Å². The third kappa shape index (κ3) is 2.87. The molecule has 2 heteroatoms. The van der Waals surface area contributed by atoms with Gasteiger partial charge < -0.3 is 0 Å². The summed E-state index contributed by atoms with van der Waals surface area (Å²) in [7, 11) is 0. The highest BCUT2D eigenvalue weighted by molar-refractivity contribution is 9.10. The van der Waals surface area contributed by atoms with Crippen molar-refractivity contribution in [3.63, 3.8) is 0 Å². The van der Waals surface area contributed by atoms with Crippen molar-refractivity contribution in [1.82, 2.24) is 0 Å². The predicted molar refractivity (Wildman–Crippen MR) is 135 cm³/mol. The lowest BCUT2D eigenvalue weighted by molar-refractivity contribution is 1.59. The van der Waals surface area contributed by atoms with Crippen molar-refractivity contribution in [2.45, 2.75) is 0 Å². The Balaban J connectivity index is 1.66. The van der Waals surface area contributed by atoms with Gasteiger partial charge >= 0.3 is 0 Å². The molecule has 0 atom stereocenters. The maximum Gasteiger partial charge on any atom is 0.0440 e. The topological polar surface area (TPSA) is 0 Å². The molecule has 0 saturated carbocycles. The molecular formula is C28H17BrS. The van der Waals surface area contributed by atoms with Crippen LogP contribution in [-0.2, 0) is 0 Å². The quantitative estimate of drug-likeness (QED) is 0.239. The molecule has 0 bridgehead atoms. The summed E-state index contributed by atoms with van der Waals surface area (Å²) in [5, 5.41) is 5.34. The summed E-state index contributed by atoms with van der Waals surface area (Å²) in [6, 6.07) is 37.3. The second-order valence-corrected chi connectivity index (χ2v) is 9.50. The summed E-state index contributed by atoms with van der Waals surface area (Å²) in [6.45, 7) is 0. The highest BCUT2D eigenvalue weighted by atomic mass is 79.9. The zero-order chi connectivity index (χ0) is 20.1. The Hall–Kier alpha value is -2.94. The van der Waals surface area contributed by atoms with Crippen molar-refractivity contribution in [2.24, 2.45) is 0 Å². The summed E-state index contributed by atoms with van der Waals surface area (Å²) in [4.78, 5) is 0. The molecule has 5 aromatic carbocycles. The van der Waals surface area contributed by atoms with Gasteiger partial charge in [-0.2, -0.15) is 0 Å². The van der Waals surface area contributed by atoms with Gasteiger partial charge in [0.05, 0.1) is 0 Å². The van der Waals surface area contributed by atoms with Crippen molar-refractivity contribution < 1.29 is 0 Å². The fourth-order valence-electron chi connectivity index (χ4n) is 4.30. The molecule has 6 rings (SSSR count). The van der Waals surface area contributed by atoms with E-state index in [4.69, 9.17) is 0 Å². The van der Waals surface area contributed by atoms with E-state index in [1.54, 1.807) is 0 Å². The zero-order valence-electron chi connectivity index (χ0n) is 16.1. The second kappa shape index (κ2) is 7.09. The number of benzene rings is 5. The number of rotatable bonds is 2. The van der Waals surface area contributed by atoms with Crippen LogP contribution in [0.3, 0.4) is 0 Å². The Kier molecular flexibility index (Phi) is 4.22. The molecule has 0 aliphatic heterocycles. The first kappa shape index (κ1) is 17.9. The van der Waals surface area contributed by atoms with E-state index in [9.17, 15) is 0 Å². The molecule has 0 fully saturated rings. The van der Waals surface area contributed by atoms with E-state index in [-0.39, 0.29) is 0 Å². The SMILES string of the molecule is Brc1ccc(-c2cccc(-c3cc4ccccc4c4c3sc3ccccc34)c2)cc1. The van der Waals surface area contributed by atoms with E-state index in [0.717, 1.165) is 4.47 Å². The van der Waals surface area contributed by atoms with Gasteiger partial charge in [0.1, 0.15) is 0 Å². The molecule has 30 heavy (non-hydrogen) atoms. The molecule has 0 nitrogen and oxygen atoms in total. The molecule has 0 amide bonds. The zero-order valence-corrected chi connectivity index (χ0v) is 18.5. The first-order valence-electron chi connectivity index (χ1n) is 9.97. The van der Waals surface area contributed by atoms with Gasteiger partial charge in [-0.15, -0.1) is 11.3 Å². The average molecular weight is 465 g/mol. The van der Waals surface area contributed by atoms with Crippen LogP contribution in [0.1, 0.15) is 0 Å². The number of hydrogen-bond acceptors (Lipinski definition) is 1. The van der Waals surface area contributed by atoms with E-state index >= 15 is 0 Å². The summed E-state index contributed by atoms with van der Waals surface area (Å²) >= 11 is 5.43. The largest absolute Gasteiger partial charge is 0.135 e. The Morgan fingerprint density at radius 3 is 2.17 bits per heavy atom. The van der Waals surface area contributed by atoms with Crippen LogP contribution in [0.25, 0.3) is 53.2 Å². The van der Waals surface area contributed by atoms with Crippen LogP contribution in [0, 0.1) is 0 Å². The average Bonchev–Trinajstić information content (AvgIpc) is 3.19. The van der Waals surface area contributed by atoms with Crippen LogP contribution < -0.4 is 0 Å². The third-order valence-corrected chi connectivity index (χ3v) is 7.45. The first-order valence-corrected chi connectivity index (χ1v) is 11.6. The van der Waals surface area contributed by atoms with Crippen LogP contribution in [0.5, 0.6) is 0 Å². The van der Waals surface area contributed by atoms with Crippen LogP contribution in [0.4, 0.5) is 0 Å². The van der Waals surface area contributed by atoms with Crippen LogP contribution in [-0.4, -0.2) is 0 Å². The van der Waals surface area contributed by atoms with E-state index in [1.807, 2.05) is 11.3 Å². The van der Waals surface area contributed by atoms with Gasteiger partial charge in [0.25, 0.3) is 0 Å². The van der Waals surface area contributed by atoms with Crippen molar-refractivity contribution in [2.75, 3.05) is 0 Å². The Morgan fingerprint density at radius 2 is 1.30 bits per heavy atom. The molecule has 1 aromatic heterocycles. The van der Waals surface area contributed by atoms with Gasteiger partial charge in [0.15, 0.2) is 0 Å². The highest BCUT2D eigenvalue weighted by Gasteiger charge is 2.14. The van der Waals surface area contributed by atoms with Crippen molar-refractivity contribution in [1.29, 1.82) is 0 Å². The smallest absolute Gasteiger partial charge is 0.0440 e. The number of thiophene rings is 1. The fourth-order valence-corrected chi connectivity index (χ4v) is 5.82. The molecule has 6 aromatic rings. The van der Waals surface area contributed by atoms with Crippen LogP contribution in [0.15, 0.2) is 108 Å². The normalized spacial score (nSPS) is 11.5. The van der Waals surface area contributed by atoms with Crippen molar-refractivity contribution >= 4 is 58.2 Å². The maximum absolute atomic E-state index is 3.54. The molecule has 0 aliphatic rings. The minimum atomic E-state index is 1.10. The minimum Gasteiger partial charge on any atom is -0.135 e. The van der Waals surface area contributed by atoms with Gasteiger partial charge in [-0.25, -0.2) is 0 Å². The van der Waals surface area contributed by atoms with E-state index in [1.165, 1.54) is 53.2 Å². The predicted octanol–water partition coefficient (Wildman–Crippen LogP) is 9.30. The fraction of sp³-hybridized carbons (Fsp3) is 0. The monoisotopic (exact) mass is 464 g/mol. The van der Waals surface area contributed by atoms with E-state index < -0.39 is 0 Å². The molecule has 0 unspecified atom stereocenters. The number of fused-ring (bicyclic) bond motifs is 5. The lowest BCUT2D eigenvalue weighted by atomic mass is 9.94. The minimum absolute atomic E-state index is 1.10. The molecule has 0 radical (unpaired) electrons. The summed E-state index contributed by atoms with van der Waals surface area (Å²) in [5.41, 5.74) is 5.04. The number of halogens is 1. The molecular weight excluding hydrogens is 448 g/mol. The Morgan fingerprint density at radius 1 is 0.567 bits per heavy atom. The lowest BCUT2D eigenvalue weighted by Gasteiger charge is -2.10. The van der Waals surface area contributed by atoms with Gasteiger partial charge in [-0.05, 0) is 57.8 Å². The van der Waals surface area contributed by atoms with Crippen molar-refractivity contribution in [3.05, 3.63) is 108 Å². The molecule has 0 saturated heterocycles. The standard InChI is InChI=1S/C28H17BrS/c29-22-14-12-18(13-15-22)19-7-5-8-20(16-19)25-17-21-6-1-2-9-23(21)27-24-10-3-4-11-26(24)30-28(25)27/h1-17H. The van der Waals surface area contributed by atoms with Gasteiger partial charge in [0.2, 0.25) is 0 Å². The second-order valence-electron chi connectivity index (χ2n) is 7.54. The van der Waals surface area contributed by atoms with E-state index in [2.05, 4.69) is 119 Å². The van der Waals surface area contributed by atoms with Crippen molar-refractivity contribution in [3.8, 4) is 22.3 Å². The molecule has 0 spiro atoms. The molecule has 142 valence electrons. The summed E-state index contributed by atoms with van der Waals surface area (Å²) in [6.07, 6.45) is 0. The van der Waals surface area contributed by atoms with E-state index in [0.29, 0.717) is 0 Å². The van der Waals surface area contributed by atoms with Gasteiger partial charge in [-0.3, -0.25) is 0 Å². The molecule has 0 N–H and O–H groups in total. The molecule has 1 heterocycles.